The third kappa shape index (κ3) is 3.20. The van der Waals surface area contributed by atoms with Gasteiger partial charge in [-0.15, -0.1) is 0 Å². The molecule has 0 saturated heterocycles. The summed E-state index contributed by atoms with van der Waals surface area (Å²) in [5.41, 5.74) is 1.40. The lowest BCUT2D eigenvalue weighted by molar-refractivity contribution is 0.0989. The van der Waals surface area contributed by atoms with Gasteiger partial charge in [0.1, 0.15) is 5.75 Å². The van der Waals surface area contributed by atoms with E-state index in [2.05, 4.69) is 15.9 Å². The minimum Gasteiger partial charge on any atom is -0.493 e. The molecular formula is C16H16BrNO2. The van der Waals surface area contributed by atoms with E-state index in [0.717, 1.165) is 10.2 Å². The van der Waals surface area contributed by atoms with Crippen molar-refractivity contribution in [3.63, 3.8) is 0 Å². The van der Waals surface area contributed by atoms with Crippen molar-refractivity contribution >= 4 is 27.5 Å². The Kier molecular flexibility index (Phi) is 4.79. The van der Waals surface area contributed by atoms with Gasteiger partial charge in [-0.3, -0.25) is 4.79 Å². The lowest BCUT2D eigenvalue weighted by Gasteiger charge is -2.19. The molecule has 2 rings (SSSR count). The van der Waals surface area contributed by atoms with Crippen molar-refractivity contribution in [3.8, 4) is 5.75 Å². The van der Waals surface area contributed by atoms with E-state index in [9.17, 15) is 4.79 Å². The Morgan fingerprint density at radius 3 is 2.55 bits per heavy atom. The molecule has 0 saturated carbocycles. The monoisotopic (exact) mass is 333 g/mol. The highest BCUT2D eigenvalue weighted by atomic mass is 79.9. The number of hydrogen-bond donors (Lipinski definition) is 0. The quantitative estimate of drug-likeness (QED) is 0.842. The zero-order valence-electron chi connectivity index (χ0n) is 11.5. The highest BCUT2D eigenvalue weighted by Crippen LogP contribution is 2.26. The summed E-state index contributed by atoms with van der Waals surface area (Å²) < 4.78 is 6.38. The molecule has 2 aromatic rings. The van der Waals surface area contributed by atoms with Crippen LogP contribution in [0.25, 0.3) is 0 Å². The van der Waals surface area contributed by atoms with Crippen LogP contribution >= 0.6 is 15.9 Å². The maximum Gasteiger partial charge on any atom is 0.261 e. The molecule has 104 valence electrons. The topological polar surface area (TPSA) is 29.5 Å². The second kappa shape index (κ2) is 6.57. The molecule has 0 N–H and O–H groups in total. The highest BCUT2D eigenvalue weighted by Gasteiger charge is 2.18. The molecule has 0 aliphatic carbocycles. The van der Waals surface area contributed by atoms with E-state index in [1.807, 2.05) is 43.3 Å². The number of carbonyl (C=O) groups is 1. The summed E-state index contributed by atoms with van der Waals surface area (Å²) in [5, 5.41) is 0. The molecule has 0 radical (unpaired) electrons. The van der Waals surface area contributed by atoms with E-state index < -0.39 is 0 Å². The van der Waals surface area contributed by atoms with Gasteiger partial charge in [0.25, 0.3) is 5.91 Å². The van der Waals surface area contributed by atoms with Gasteiger partial charge in [0.15, 0.2) is 0 Å². The molecule has 2 aromatic carbocycles. The predicted octanol–water partition coefficient (Wildman–Crippen LogP) is 4.12. The molecule has 0 fully saturated rings. The first-order chi connectivity index (χ1) is 9.63. The smallest absolute Gasteiger partial charge is 0.261 e. The lowest BCUT2D eigenvalue weighted by atomic mass is 10.1. The van der Waals surface area contributed by atoms with Crippen molar-refractivity contribution in [3.05, 3.63) is 58.6 Å². The van der Waals surface area contributed by atoms with E-state index in [0.29, 0.717) is 17.9 Å². The van der Waals surface area contributed by atoms with Gasteiger partial charge >= 0.3 is 0 Å². The number of para-hydroxylation sites is 1. The lowest BCUT2D eigenvalue weighted by Crippen LogP contribution is -2.26. The Hall–Kier alpha value is -1.81. The largest absolute Gasteiger partial charge is 0.493 e. The van der Waals surface area contributed by atoms with E-state index in [4.69, 9.17) is 4.74 Å². The van der Waals surface area contributed by atoms with Crippen LogP contribution in [0.1, 0.15) is 17.3 Å². The Labute approximate surface area is 127 Å². The fourth-order valence-corrected chi connectivity index (χ4v) is 2.26. The van der Waals surface area contributed by atoms with Crippen molar-refractivity contribution in [2.75, 3.05) is 18.6 Å². The molecule has 0 atom stereocenters. The van der Waals surface area contributed by atoms with Crippen LogP contribution in [-0.4, -0.2) is 19.6 Å². The summed E-state index contributed by atoms with van der Waals surface area (Å²) in [6.07, 6.45) is 0. The van der Waals surface area contributed by atoms with Crippen LogP contribution in [0, 0.1) is 0 Å². The van der Waals surface area contributed by atoms with Crippen LogP contribution in [-0.2, 0) is 0 Å². The second-order valence-electron chi connectivity index (χ2n) is 4.27. The number of amides is 1. The van der Waals surface area contributed by atoms with Crippen LogP contribution in [0.15, 0.2) is 53.0 Å². The van der Waals surface area contributed by atoms with Gasteiger partial charge in [0, 0.05) is 17.2 Å². The molecular weight excluding hydrogens is 318 g/mol. The Morgan fingerprint density at radius 1 is 1.20 bits per heavy atom. The summed E-state index contributed by atoms with van der Waals surface area (Å²) >= 11 is 3.39. The number of halogens is 1. The molecule has 0 aliphatic rings. The number of hydrogen-bond acceptors (Lipinski definition) is 2. The van der Waals surface area contributed by atoms with Crippen LogP contribution < -0.4 is 9.64 Å². The van der Waals surface area contributed by atoms with Gasteiger partial charge in [-0.1, -0.05) is 34.1 Å². The van der Waals surface area contributed by atoms with Gasteiger partial charge in [-0.2, -0.15) is 0 Å². The van der Waals surface area contributed by atoms with Crippen molar-refractivity contribution in [1.29, 1.82) is 0 Å². The van der Waals surface area contributed by atoms with Crippen molar-refractivity contribution in [2.45, 2.75) is 6.92 Å². The SMILES string of the molecule is CCOc1ccc(Br)cc1C(=O)N(C)c1ccccc1. The summed E-state index contributed by atoms with van der Waals surface area (Å²) in [6.45, 7) is 2.42. The molecule has 0 unspecified atom stereocenters. The molecule has 4 heteroatoms. The summed E-state index contributed by atoms with van der Waals surface area (Å²) in [4.78, 5) is 14.2. The Bertz CT molecular complexity index is 599. The van der Waals surface area contributed by atoms with Gasteiger partial charge in [-0.25, -0.2) is 0 Å². The summed E-state index contributed by atoms with van der Waals surface area (Å²) in [7, 11) is 1.76. The van der Waals surface area contributed by atoms with Crippen LogP contribution in [0.2, 0.25) is 0 Å². The fourth-order valence-electron chi connectivity index (χ4n) is 1.90. The first-order valence-corrected chi connectivity index (χ1v) is 7.18. The van der Waals surface area contributed by atoms with Gasteiger partial charge < -0.3 is 9.64 Å². The Morgan fingerprint density at radius 2 is 1.90 bits per heavy atom. The van der Waals surface area contributed by atoms with Crippen molar-refractivity contribution in [1.82, 2.24) is 0 Å². The molecule has 0 spiro atoms. The molecule has 0 aromatic heterocycles. The third-order valence-electron chi connectivity index (χ3n) is 2.92. The zero-order chi connectivity index (χ0) is 14.5. The number of anilines is 1. The summed E-state index contributed by atoms with van der Waals surface area (Å²) in [5.74, 6) is 0.504. The molecule has 0 heterocycles. The van der Waals surface area contributed by atoms with E-state index in [-0.39, 0.29) is 5.91 Å². The van der Waals surface area contributed by atoms with E-state index in [1.165, 1.54) is 0 Å². The van der Waals surface area contributed by atoms with Gasteiger partial charge in [-0.05, 0) is 37.3 Å². The first-order valence-electron chi connectivity index (χ1n) is 6.39. The number of ether oxygens (including phenoxy) is 1. The maximum absolute atomic E-state index is 12.6. The molecule has 3 nitrogen and oxygen atoms in total. The highest BCUT2D eigenvalue weighted by molar-refractivity contribution is 9.10. The average molecular weight is 334 g/mol. The third-order valence-corrected chi connectivity index (χ3v) is 3.41. The average Bonchev–Trinajstić information content (AvgIpc) is 2.48. The minimum atomic E-state index is -0.0963. The van der Waals surface area contributed by atoms with Crippen molar-refractivity contribution in [2.24, 2.45) is 0 Å². The fraction of sp³-hybridized carbons (Fsp3) is 0.188. The zero-order valence-corrected chi connectivity index (χ0v) is 13.1. The number of carbonyl (C=O) groups excluding carboxylic acids is 1. The maximum atomic E-state index is 12.6. The second-order valence-corrected chi connectivity index (χ2v) is 5.19. The molecule has 1 amide bonds. The predicted molar refractivity (Wildman–Crippen MR) is 84.5 cm³/mol. The van der Waals surface area contributed by atoms with Gasteiger partial charge in [0.2, 0.25) is 0 Å². The number of rotatable bonds is 4. The standard InChI is InChI=1S/C16H16BrNO2/c1-3-20-15-10-9-12(17)11-14(15)16(19)18(2)13-7-5-4-6-8-13/h4-11H,3H2,1-2H3. The molecule has 0 aliphatic heterocycles. The van der Waals surface area contributed by atoms with Crippen LogP contribution in [0.4, 0.5) is 5.69 Å². The summed E-state index contributed by atoms with van der Waals surface area (Å²) in [6, 6.07) is 15.0. The number of nitrogens with zero attached hydrogens (tertiary/aromatic N) is 1. The normalized spacial score (nSPS) is 10.2. The van der Waals surface area contributed by atoms with Crippen LogP contribution in [0.3, 0.4) is 0 Å². The van der Waals surface area contributed by atoms with Crippen LogP contribution in [0.5, 0.6) is 5.75 Å². The Balaban J connectivity index is 2.35. The van der Waals surface area contributed by atoms with Gasteiger partial charge in [0.05, 0.1) is 12.2 Å². The minimum absolute atomic E-state index is 0.0963. The molecule has 0 bridgehead atoms. The van der Waals surface area contributed by atoms with E-state index >= 15 is 0 Å². The molecule has 20 heavy (non-hydrogen) atoms. The number of benzene rings is 2. The van der Waals surface area contributed by atoms with E-state index in [1.54, 1.807) is 24.1 Å². The first kappa shape index (κ1) is 14.6. The van der Waals surface area contributed by atoms with Crippen molar-refractivity contribution < 1.29 is 9.53 Å².